The van der Waals surface area contributed by atoms with Crippen molar-refractivity contribution in [3.63, 3.8) is 0 Å². The second kappa shape index (κ2) is 15.4. The average molecular weight is 705 g/mol. The van der Waals surface area contributed by atoms with Crippen molar-refractivity contribution < 1.29 is 29.5 Å². The summed E-state index contributed by atoms with van der Waals surface area (Å²) in [5.41, 5.74) is 2.52. The molecule has 0 fully saturated rings. The van der Waals surface area contributed by atoms with Crippen LogP contribution in [0.2, 0.25) is 0 Å². The van der Waals surface area contributed by atoms with E-state index in [9.17, 15) is 60.7 Å². The van der Waals surface area contributed by atoms with Gasteiger partial charge in [0.1, 0.15) is 17.1 Å². The van der Waals surface area contributed by atoms with Crippen molar-refractivity contribution in [1.82, 2.24) is 15.0 Å². The molecule has 258 valence electrons. The van der Waals surface area contributed by atoms with Gasteiger partial charge in [-0.3, -0.25) is 77.0 Å². The molecular formula is C24H15N15O12. The number of nitro benzene ring substituents is 6. The molecular weight excluding hydrogens is 690 g/mol. The van der Waals surface area contributed by atoms with E-state index in [1.807, 2.05) is 0 Å². The SMILES string of the molecule is O=[N+]([O-])c1ccc(N/N=C\c2nc(/C=N/Nc3ccc([N+](=O)[O-])cc3[N+](=O)[O-])nc(/C=N/Nc3ccc([N+](=O)[O-])cc3[N+](=O)[O-])n2)c([N+](=O)[O-])c1. The van der Waals surface area contributed by atoms with Gasteiger partial charge in [-0.05, 0) is 18.2 Å². The monoisotopic (exact) mass is 705 g/mol. The molecule has 1 heterocycles. The van der Waals surface area contributed by atoms with E-state index in [2.05, 4.69) is 46.5 Å². The molecule has 0 amide bonds. The van der Waals surface area contributed by atoms with Crippen molar-refractivity contribution in [3.8, 4) is 0 Å². The standard InChI is InChI=1S/C24H15N15O12/c40-34(41)13-1-4-16(19(7-13)37(46)47)31-25-10-22-28-23(11-26-32-17-5-2-14(35(42)43)8-20(17)38(48)49)30-24(29-22)12-27-33-18-6-3-15(36(44)45)9-21(18)39(50)51/h1-12,31-33H/b25-10-,26-11+,27-12+. The fourth-order valence-corrected chi connectivity index (χ4v) is 3.72. The summed E-state index contributed by atoms with van der Waals surface area (Å²) in [6, 6.07) is 8.16. The van der Waals surface area contributed by atoms with Crippen LogP contribution in [-0.4, -0.2) is 63.1 Å². The van der Waals surface area contributed by atoms with Gasteiger partial charge in [-0.2, -0.15) is 15.3 Å². The highest BCUT2D eigenvalue weighted by atomic mass is 16.6. The third-order valence-corrected chi connectivity index (χ3v) is 5.95. The van der Waals surface area contributed by atoms with Crippen LogP contribution < -0.4 is 16.3 Å². The van der Waals surface area contributed by atoms with Crippen LogP contribution in [0.5, 0.6) is 0 Å². The second-order valence-corrected chi connectivity index (χ2v) is 9.17. The van der Waals surface area contributed by atoms with Crippen LogP contribution in [-0.2, 0) is 0 Å². The number of nitrogens with one attached hydrogen (secondary N) is 3. The van der Waals surface area contributed by atoms with E-state index in [0.29, 0.717) is 18.2 Å². The van der Waals surface area contributed by atoms with Crippen LogP contribution in [0.1, 0.15) is 17.5 Å². The zero-order valence-corrected chi connectivity index (χ0v) is 24.7. The Morgan fingerprint density at radius 2 is 0.686 bits per heavy atom. The number of hydrogen-bond acceptors (Lipinski definition) is 21. The minimum atomic E-state index is -0.887. The molecule has 0 unspecified atom stereocenters. The summed E-state index contributed by atoms with van der Waals surface area (Å²) in [5, 5.41) is 78.6. The minimum absolute atomic E-state index is 0.248. The first-order chi connectivity index (χ1) is 24.2. The molecule has 0 aliphatic rings. The summed E-state index contributed by atoms with van der Waals surface area (Å²) in [7, 11) is 0. The quantitative estimate of drug-likeness (QED) is 0.0901. The Morgan fingerprint density at radius 1 is 0.431 bits per heavy atom. The summed E-state index contributed by atoms with van der Waals surface area (Å²) < 4.78 is 0. The van der Waals surface area contributed by atoms with Crippen LogP contribution in [0.15, 0.2) is 69.9 Å². The number of hydrogen-bond donors (Lipinski definition) is 3. The van der Waals surface area contributed by atoms with E-state index in [0.717, 1.165) is 55.0 Å². The van der Waals surface area contributed by atoms with Gasteiger partial charge in [0.15, 0.2) is 17.5 Å². The van der Waals surface area contributed by atoms with Crippen LogP contribution in [0.25, 0.3) is 0 Å². The molecule has 3 aromatic carbocycles. The van der Waals surface area contributed by atoms with E-state index in [1.165, 1.54) is 0 Å². The lowest BCUT2D eigenvalue weighted by Crippen LogP contribution is -2.09. The predicted octanol–water partition coefficient (Wildman–Crippen LogP) is 3.66. The third kappa shape index (κ3) is 9.06. The number of anilines is 3. The highest BCUT2D eigenvalue weighted by Gasteiger charge is 2.21. The molecule has 0 aliphatic heterocycles. The Kier molecular flexibility index (Phi) is 10.7. The minimum Gasteiger partial charge on any atom is -0.272 e. The zero-order chi connectivity index (χ0) is 37.2. The molecule has 0 saturated heterocycles. The first-order valence-corrected chi connectivity index (χ1v) is 13.1. The molecule has 0 atom stereocenters. The number of hydrazone groups is 3. The Morgan fingerprint density at radius 3 is 0.902 bits per heavy atom. The Balaban J connectivity index is 1.65. The van der Waals surface area contributed by atoms with E-state index in [1.54, 1.807) is 0 Å². The molecule has 0 radical (unpaired) electrons. The van der Waals surface area contributed by atoms with Crippen LogP contribution in [0.4, 0.5) is 51.2 Å². The largest absolute Gasteiger partial charge is 0.301 e. The summed E-state index contributed by atoms with van der Waals surface area (Å²) in [6.45, 7) is 0. The molecule has 0 bridgehead atoms. The first kappa shape index (κ1) is 35.3. The number of benzene rings is 3. The van der Waals surface area contributed by atoms with Gasteiger partial charge in [-0.1, -0.05) is 0 Å². The van der Waals surface area contributed by atoms with Gasteiger partial charge in [0, 0.05) is 18.2 Å². The van der Waals surface area contributed by atoms with Crippen molar-refractivity contribution in [2.75, 3.05) is 16.3 Å². The van der Waals surface area contributed by atoms with Crippen molar-refractivity contribution in [2.45, 2.75) is 0 Å². The van der Waals surface area contributed by atoms with Crippen LogP contribution in [0, 0.1) is 60.7 Å². The molecule has 51 heavy (non-hydrogen) atoms. The maximum atomic E-state index is 11.4. The van der Waals surface area contributed by atoms with Gasteiger partial charge in [-0.25, -0.2) is 15.0 Å². The maximum absolute atomic E-state index is 11.4. The Labute approximate surface area is 279 Å². The van der Waals surface area contributed by atoms with Gasteiger partial charge < -0.3 is 0 Å². The molecule has 0 saturated carbocycles. The van der Waals surface area contributed by atoms with Crippen LogP contribution >= 0.6 is 0 Å². The van der Waals surface area contributed by atoms with Crippen molar-refractivity contribution in [3.05, 3.63) is 133 Å². The summed E-state index contributed by atoms with van der Waals surface area (Å²) >= 11 is 0. The molecule has 4 rings (SSSR count). The molecule has 4 aromatic rings. The van der Waals surface area contributed by atoms with E-state index >= 15 is 0 Å². The molecule has 0 aliphatic carbocycles. The van der Waals surface area contributed by atoms with Gasteiger partial charge >= 0.3 is 17.1 Å². The number of non-ortho nitro benzene ring substituents is 3. The molecule has 0 spiro atoms. The number of aromatic nitrogens is 3. The van der Waals surface area contributed by atoms with Gasteiger partial charge in [-0.15, -0.1) is 0 Å². The van der Waals surface area contributed by atoms with Crippen molar-refractivity contribution in [2.24, 2.45) is 15.3 Å². The fourth-order valence-electron chi connectivity index (χ4n) is 3.72. The predicted molar refractivity (Wildman–Crippen MR) is 173 cm³/mol. The normalized spacial score (nSPS) is 11.1. The smallest absolute Gasteiger partial charge is 0.272 e. The lowest BCUT2D eigenvalue weighted by Gasteiger charge is -2.03. The molecule has 3 N–H and O–H groups in total. The van der Waals surface area contributed by atoms with Crippen molar-refractivity contribution in [1.29, 1.82) is 0 Å². The van der Waals surface area contributed by atoms with Crippen molar-refractivity contribution >= 4 is 69.8 Å². The number of nitrogens with zero attached hydrogens (tertiary/aromatic N) is 12. The Hall–Kier alpha value is -8.52. The second-order valence-electron chi connectivity index (χ2n) is 9.17. The van der Waals surface area contributed by atoms with Gasteiger partial charge in [0.25, 0.3) is 17.1 Å². The van der Waals surface area contributed by atoms with E-state index < -0.39 is 63.7 Å². The molecule has 27 nitrogen and oxygen atoms in total. The molecule has 27 heteroatoms. The van der Waals surface area contributed by atoms with Gasteiger partial charge in [0.2, 0.25) is 0 Å². The molecule has 1 aromatic heterocycles. The zero-order valence-electron chi connectivity index (χ0n) is 24.7. The van der Waals surface area contributed by atoms with Gasteiger partial charge in [0.05, 0.1) is 66.4 Å². The highest BCUT2D eigenvalue weighted by Crippen LogP contribution is 2.31. The average Bonchev–Trinajstić information content (AvgIpc) is 3.08. The summed E-state index contributed by atoms with van der Waals surface area (Å²) in [6.07, 6.45) is 2.81. The lowest BCUT2D eigenvalue weighted by molar-refractivity contribution is -0.393. The number of nitro groups is 6. The van der Waals surface area contributed by atoms with E-state index in [-0.39, 0.29) is 34.5 Å². The first-order valence-electron chi connectivity index (χ1n) is 13.1. The van der Waals surface area contributed by atoms with Crippen LogP contribution in [0.3, 0.4) is 0 Å². The highest BCUT2D eigenvalue weighted by molar-refractivity contribution is 5.84. The van der Waals surface area contributed by atoms with E-state index in [4.69, 9.17) is 0 Å². The number of rotatable bonds is 15. The topological polar surface area (TPSA) is 371 Å². The Bertz CT molecular complexity index is 1940. The lowest BCUT2D eigenvalue weighted by atomic mass is 10.2. The maximum Gasteiger partial charge on any atom is 0.301 e. The third-order valence-electron chi connectivity index (χ3n) is 5.95. The summed E-state index contributed by atoms with van der Waals surface area (Å²) in [4.78, 5) is 74.2. The summed E-state index contributed by atoms with van der Waals surface area (Å²) in [5.74, 6) is -0.812. The fraction of sp³-hybridized carbons (Fsp3) is 0.